The van der Waals surface area contributed by atoms with Crippen LogP contribution >= 0.6 is 0 Å². The molecule has 0 heterocycles. The van der Waals surface area contributed by atoms with E-state index in [9.17, 15) is 9.59 Å². The van der Waals surface area contributed by atoms with Crippen LogP contribution in [-0.4, -0.2) is 46.7 Å². The SMILES string of the molecule is CCCCCCN(CCCC(=O)O)CCC(=O)O. The summed E-state index contributed by atoms with van der Waals surface area (Å²) >= 11 is 0. The van der Waals surface area contributed by atoms with Crippen molar-refractivity contribution in [2.24, 2.45) is 0 Å². The summed E-state index contributed by atoms with van der Waals surface area (Å²) in [6.45, 7) is 4.20. The van der Waals surface area contributed by atoms with Crippen LogP contribution in [0.3, 0.4) is 0 Å². The van der Waals surface area contributed by atoms with Crippen LogP contribution in [0.2, 0.25) is 0 Å². The third-order valence-electron chi connectivity index (χ3n) is 2.83. The zero-order chi connectivity index (χ0) is 13.8. The fourth-order valence-electron chi connectivity index (χ4n) is 1.81. The molecule has 0 bridgehead atoms. The third kappa shape index (κ3) is 11.4. The van der Waals surface area contributed by atoms with Crippen LogP contribution < -0.4 is 0 Å². The van der Waals surface area contributed by atoms with Crippen molar-refractivity contribution >= 4 is 11.9 Å². The number of unbranched alkanes of at least 4 members (excludes halogenated alkanes) is 3. The van der Waals surface area contributed by atoms with Crippen molar-refractivity contribution < 1.29 is 19.8 Å². The lowest BCUT2D eigenvalue weighted by atomic mass is 10.2. The summed E-state index contributed by atoms with van der Waals surface area (Å²) in [5.41, 5.74) is 0. The lowest BCUT2D eigenvalue weighted by Crippen LogP contribution is -2.29. The molecule has 5 heteroatoms. The Bertz CT molecular complexity index is 243. The Morgan fingerprint density at radius 2 is 1.44 bits per heavy atom. The molecule has 0 aromatic carbocycles. The normalized spacial score (nSPS) is 10.8. The van der Waals surface area contributed by atoms with Crippen molar-refractivity contribution in [2.45, 2.75) is 51.9 Å². The zero-order valence-electron chi connectivity index (χ0n) is 11.2. The molecule has 0 atom stereocenters. The highest BCUT2D eigenvalue weighted by molar-refractivity contribution is 5.67. The summed E-state index contributed by atoms with van der Waals surface area (Å²) < 4.78 is 0. The van der Waals surface area contributed by atoms with Gasteiger partial charge in [-0.15, -0.1) is 0 Å². The lowest BCUT2D eigenvalue weighted by molar-refractivity contribution is -0.138. The first-order valence-electron chi connectivity index (χ1n) is 6.72. The first-order valence-corrected chi connectivity index (χ1v) is 6.72. The smallest absolute Gasteiger partial charge is 0.304 e. The maximum atomic E-state index is 10.5. The predicted octanol–water partition coefficient (Wildman–Crippen LogP) is 2.21. The fraction of sp³-hybridized carbons (Fsp3) is 0.846. The molecular weight excluding hydrogens is 234 g/mol. The zero-order valence-corrected chi connectivity index (χ0v) is 11.2. The van der Waals surface area contributed by atoms with Crippen molar-refractivity contribution in [3.63, 3.8) is 0 Å². The van der Waals surface area contributed by atoms with E-state index in [1.165, 1.54) is 12.8 Å². The van der Waals surface area contributed by atoms with Crippen molar-refractivity contribution in [1.29, 1.82) is 0 Å². The van der Waals surface area contributed by atoms with Gasteiger partial charge in [0, 0.05) is 13.0 Å². The van der Waals surface area contributed by atoms with Crippen molar-refractivity contribution in [3.8, 4) is 0 Å². The van der Waals surface area contributed by atoms with E-state index in [2.05, 4.69) is 11.8 Å². The van der Waals surface area contributed by atoms with E-state index in [0.29, 0.717) is 19.5 Å². The van der Waals surface area contributed by atoms with Gasteiger partial charge in [0.2, 0.25) is 0 Å². The van der Waals surface area contributed by atoms with Crippen LogP contribution in [0.4, 0.5) is 0 Å². The molecule has 0 rings (SSSR count). The Kier molecular flexibility index (Phi) is 10.3. The summed E-state index contributed by atoms with van der Waals surface area (Å²) in [7, 11) is 0. The molecule has 0 aliphatic rings. The van der Waals surface area contributed by atoms with Crippen molar-refractivity contribution in [3.05, 3.63) is 0 Å². The molecular formula is C13H25NO4. The lowest BCUT2D eigenvalue weighted by Gasteiger charge is -2.21. The number of carbonyl (C=O) groups is 2. The number of carboxylic acids is 2. The minimum Gasteiger partial charge on any atom is -0.481 e. The summed E-state index contributed by atoms with van der Waals surface area (Å²) in [5.74, 6) is -1.59. The molecule has 0 aliphatic heterocycles. The van der Waals surface area contributed by atoms with E-state index in [-0.39, 0.29) is 12.8 Å². The molecule has 2 N–H and O–H groups in total. The minimum absolute atomic E-state index is 0.126. The van der Waals surface area contributed by atoms with Gasteiger partial charge in [-0.1, -0.05) is 26.2 Å². The van der Waals surface area contributed by atoms with E-state index < -0.39 is 11.9 Å². The molecule has 5 nitrogen and oxygen atoms in total. The monoisotopic (exact) mass is 259 g/mol. The van der Waals surface area contributed by atoms with E-state index in [1.54, 1.807) is 0 Å². The van der Waals surface area contributed by atoms with E-state index in [4.69, 9.17) is 10.2 Å². The highest BCUT2D eigenvalue weighted by Gasteiger charge is 2.08. The molecule has 0 aliphatic carbocycles. The molecule has 0 aromatic rings. The molecule has 0 amide bonds. The van der Waals surface area contributed by atoms with Gasteiger partial charge in [0.05, 0.1) is 6.42 Å². The Labute approximate surface area is 109 Å². The van der Waals surface area contributed by atoms with Gasteiger partial charge in [0.1, 0.15) is 0 Å². The maximum Gasteiger partial charge on any atom is 0.304 e. The average Bonchev–Trinajstić information content (AvgIpc) is 2.30. The second-order valence-corrected chi connectivity index (χ2v) is 4.54. The third-order valence-corrected chi connectivity index (χ3v) is 2.83. The molecule has 18 heavy (non-hydrogen) atoms. The van der Waals surface area contributed by atoms with Crippen LogP contribution in [-0.2, 0) is 9.59 Å². The van der Waals surface area contributed by atoms with Crippen LogP contribution in [0, 0.1) is 0 Å². The van der Waals surface area contributed by atoms with Gasteiger partial charge in [0.15, 0.2) is 0 Å². The molecule has 0 radical (unpaired) electrons. The highest BCUT2D eigenvalue weighted by Crippen LogP contribution is 2.04. The Morgan fingerprint density at radius 3 is 2.00 bits per heavy atom. The number of nitrogens with zero attached hydrogens (tertiary/aromatic N) is 1. The van der Waals surface area contributed by atoms with Gasteiger partial charge in [-0.25, -0.2) is 0 Å². The summed E-state index contributed by atoms with van der Waals surface area (Å²) in [6.07, 6.45) is 5.44. The quantitative estimate of drug-likeness (QED) is 0.525. The standard InChI is InChI=1S/C13H25NO4/c1-2-3-4-5-9-14(11-8-13(17)18)10-6-7-12(15)16/h2-11H2,1H3,(H,15,16)(H,17,18). The number of carboxylic acid groups (broad SMARTS) is 2. The highest BCUT2D eigenvalue weighted by atomic mass is 16.4. The van der Waals surface area contributed by atoms with Gasteiger partial charge in [-0.2, -0.15) is 0 Å². The van der Waals surface area contributed by atoms with Gasteiger partial charge in [0.25, 0.3) is 0 Å². The molecule has 0 aromatic heterocycles. The first kappa shape index (κ1) is 16.9. The fourth-order valence-corrected chi connectivity index (χ4v) is 1.81. The van der Waals surface area contributed by atoms with Gasteiger partial charge in [-0.3, -0.25) is 9.59 Å². The second-order valence-electron chi connectivity index (χ2n) is 4.54. The molecule has 0 unspecified atom stereocenters. The minimum atomic E-state index is -0.799. The second kappa shape index (κ2) is 11.0. The predicted molar refractivity (Wildman–Crippen MR) is 69.7 cm³/mol. The van der Waals surface area contributed by atoms with Crippen LogP contribution in [0.25, 0.3) is 0 Å². The van der Waals surface area contributed by atoms with Gasteiger partial charge >= 0.3 is 11.9 Å². The summed E-state index contributed by atoms with van der Waals surface area (Å²) in [4.78, 5) is 23.0. The van der Waals surface area contributed by atoms with Crippen molar-refractivity contribution in [1.82, 2.24) is 4.90 Å². The number of rotatable bonds is 12. The first-order chi connectivity index (χ1) is 8.56. The van der Waals surface area contributed by atoms with Gasteiger partial charge in [-0.05, 0) is 25.9 Å². The number of aliphatic carboxylic acids is 2. The largest absolute Gasteiger partial charge is 0.481 e. The Hall–Kier alpha value is -1.10. The van der Waals surface area contributed by atoms with Crippen LogP contribution in [0.1, 0.15) is 51.9 Å². The number of hydrogen-bond acceptors (Lipinski definition) is 3. The molecule has 0 saturated carbocycles. The Balaban J connectivity index is 3.83. The maximum absolute atomic E-state index is 10.5. The van der Waals surface area contributed by atoms with Crippen LogP contribution in [0.5, 0.6) is 0 Å². The van der Waals surface area contributed by atoms with Crippen molar-refractivity contribution in [2.75, 3.05) is 19.6 Å². The van der Waals surface area contributed by atoms with E-state index in [0.717, 1.165) is 19.4 Å². The molecule has 0 fully saturated rings. The average molecular weight is 259 g/mol. The summed E-state index contributed by atoms with van der Waals surface area (Å²) in [6, 6.07) is 0. The van der Waals surface area contributed by atoms with Gasteiger partial charge < -0.3 is 15.1 Å². The molecule has 0 spiro atoms. The summed E-state index contributed by atoms with van der Waals surface area (Å²) in [5, 5.41) is 17.2. The van der Waals surface area contributed by atoms with Crippen LogP contribution in [0.15, 0.2) is 0 Å². The van der Waals surface area contributed by atoms with E-state index >= 15 is 0 Å². The molecule has 0 saturated heterocycles. The topological polar surface area (TPSA) is 77.8 Å². The number of hydrogen-bond donors (Lipinski definition) is 2. The molecule has 106 valence electrons. The van der Waals surface area contributed by atoms with E-state index in [1.807, 2.05) is 0 Å². The Morgan fingerprint density at radius 1 is 0.833 bits per heavy atom.